The van der Waals surface area contributed by atoms with Crippen LogP contribution in [0.25, 0.3) is 0 Å². The fourth-order valence-corrected chi connectivity index (χ4v) is 1.56. The number of carbonyl (C=O) groups is 1. The minimum absolute atomic E-state index is 0.0749. The van der Waals surface area contributed by atoms with Crippen molar-refractivity contribution in [2.75, 3.05) is 20.7 Å². The lowest BCUT2D eigenvalue weighted by molar-refractivity contribution is -0.134. The highest BCUT2D eigenvalue weighted by molar-refractivity contribution is 5.97. The summed E-state index contributed by atoms with van der Waals surface area (Å²) in [6, 6.07) is 0. The Hall–Kier alpha value is -1.52. The van der Waals surface area contributed by atoms with Crippen molar-refractivity contribution in [3.05, 3.63) is 12.7 Å². The summed E-state index contributed by atoms with van der Waals surface area (Å²) in [7, 11) is 3.70. The molecule has 1 N–H and O–H groups in total. The van der Waals surface area contributed by atoms with Crippen LogP contribution in [0.5, 0.6) is 0 Å². The lowest BCUT2D eigenvalue weighted by atomic mass is 9.90. The fraction of sp³-hybridized carbons (Fsp3) is 0.667. The van der Waals surface area contributed by atoms with Crippen molar-refractivity contribution in [3.8, 4) is 0 Å². The van der Waals surface area contributed by atoms with Gasteiger partial charge in [-0.1, -0.05) is 11.2 Å². The first kappa shape index (κ1) is 13.5. The normalized spacial score (nSPS) is 31.1. The number of oxime groups is 1. The summed E-state index contributed by atoms with van der Waals surface area (Å²) < 4.78 is 0. The van der Waals surface area contributed by atoms with E-state index in [0.29, 0.717) is 5.84 Å². The highest BCUT2D eigenvalue weighted by atomic mass is 16.6. The molecule has 1 atom stereocenters. The minimum atomic E-state index is -0.724. The molecule has 1 aliphatic heterocycles. The number of amidine groups is 1. The molecule has 5 heteroatoms. The SMILES string of the molecule is C=CC1(C)NC(=O)C(C)(C)CO/N=C\1N(C)C. The predicted molar refractivity (Wildman–Crippen MR) is 67.6 cm³/mol. The minimum Gasteiger partial charge on any atom is -0.393 e. The fourth-order valence-electron chi connectivity index (χ4n) is 1.56. The molecule has 96 valence electrons. The monoisotopic (exact) mass is 239 g/mol. The Kier molecular flexibility index (Phi) is 3.50. The highest BCUT2D eigenvalue weighted by Gasteiger charge is 2.39. The maximum absolute atomic E-state index is 12.1. The molecular formula is C12H21N3O2. The van der Waals surface area contributed by atoms with E-state index < -0.39 is 11.0 Å². The lowest BCUT2D eigenvalue weighted by Gasteiger charge is -2.37. The van der Waals surface area contributed by atoms with E-state index in [1.165, 1.54) is 0 Å². The smallest absolute Gasteiger partial charge is 0.230 e. The average molecular weight is 239 g/mol. The molecule has 0 aromatic heterocycles. The van der Waals surface area contributed by atoms with Crippen molar-refractivity contribution in [1.29, 1.82) is 0 Å². The molecule has 17 heavy (non-hydrogen) atoms. The van der Waals surface area contributed by atoms with Gasteiger partial charge in [-0.3, -0.25) is 4.79 Å². The van der Waals surface area contributed by atoms with Gasteiger partial charge < -0.3 is 15.1 Å². The average Bonchev–Trinajstić information content (AvgIpc) is 2.22. The van der Waals surface area contributed by atoms with Gasteiger partial charge in [-0.2, -0.15) is 0 Å². The van der Waals surface area contributed by atoms with Gasteiger partial charge in [0.05, 0.1) is 5.41 Å². The number of nitrogens with zero attached hydrogens (tertiary/aromatic N) is 2. The van der Waals surface area contributed by atoms with Gasteiger partial charge in [-0.15, -0.1) is 6.58 Å². The van der Waals surface area contributed by atoms with Crippen LogP contribution in [0.1, 0.15) is 20.8 Å². The summed E-state index contributed by atoms with van der Waals surface area (Å²) in [5.74, 6) is 0.547. The number of rotatable bonds is 1. The third-order valence-corrected chi connectivity index (χ3v) is 2.86. The summed E-state index contributed by atoms with van der Waals surface area (Å²) >= 11 is 0. The van der Waals surface area contributed by atoms with Crippen LogP contribution < -0.4 is 5.32 Å². The summed E-state index contributed by atoms with van der Waals surface area (Å²) in [4.78, 5) is 19.2. The largest absolute Gasteiger partial charge is 0.393 e. The van der Waals surface area contributed by atoms with E-state index in [9.17, 15) is 4.79 Å². The zero-order chi connectivity index (χ0) is 13.3. The van der Waals surface area contributed by atoms with Gasteiger partial charge in [0, 0.05) is 14.1 Å². The molecule has 0 aromatic rings. The van der Waals surface area contributed by atoms with Crippen molar-refractivity contribution in [3.63, 3.8) is 0 Å². The number of nitrogens with one attached hydrogen (secondary N) is 1. The number of amides is 1. The van der Waals surface area contributed by atoms with Crippen LogP contribution >= 0.6 is 0 Å². The molecule has 1 heterocycles. The van der Waals surface area contributed by atoms with Gasteiger partial charge in [-0.05, 0) is 20.8 Å². The van der Waals surface area contributed by atoms with Crippen LogP contribution in [0, 0.1) is 5.41 Å². The number of carbonyl (C=O) groups excluding carboxylic acids is 1. The lowest BCUT2D eigenvalue weighted by Crippen LogP contribution is -2.59. The standard InChI is InChI=1S/C12H21N3O2/c1-7-12(4)9(15(5)6)14-17-8-11(2,3)10(16)13-12/h7H,1,8H2,2-6H3,(H,13,16)/b14-9+. The number of likely N-dealkylation sites (N-methyl/N-ethyl adjacent to an activating group) is 1. The Bertz CT molecular complexity index is 361. The van der Waals surface area contributed by atoms with Crippen LogP contribution in [0.4, 0.5) is 0 Å². The second kappa shape index (κ2) is 4.39. The summed E-state index contributed by atoms with van der Waals surface area (Å²) in [6.07, 6.45) is 1.66. The maximum Gasteiger partial charge on any atom is 0.230 e. The van der Waals surface area contributed by atoms with Crippen molar-refractivity contribution in [1.82, 2.24) is 10.2 Å². The van der Waals surface area contributed by atoms with Crippen LogP contribution in [0.15, 0.2) is 17.8 Å². The molecule has 0 aliphatic carbocycles. The zero-order valence-corrected chi connectivity index (χ0v) is 11.2. The van der Waals surface area contributed by atoms with Crippen LogP contribution in [-0.4, -0.2) is 42.9 Å². The van der Waals surface area contributed by atoms with Crippen molar-refractivity contribution in [2.24, 2.45) is 10.6 Å². The molecule has 1 aliphatic rings. The Morgan fingerprint density at radius 2 is 2.06 bits per heavy atom. The number of hydrogen-bond donors (Lipinski definition) is 1. The van der Waals surface area contributed by atoms with Gasteiger partial charge >= 0.3 is 0 Å². The van der Waals surface area contributed by atoms with Crippen molar-refractivity contribution < 1.29 is 9.63 Å². The Balaban J connectivity index is 3.17. The molecule has 5 nitrogen and oxygen atoms in total. The van der Waals surface area contributed by atoms with Crippen LogP contribution in [-0.2, 0) is 9.63 Å². The van der Waals surface area contributed by atoms with Crippen LogP contribution in [0.3, 0.4) is 0 Å². The molecule has 1 amide bonds. The molecule has 1 rings (SSSR count). The number of hydrogen-bond acceptors (Lipinski definition) is 4. The molecule has 0 radical (unpaired) electrons. The Morgan fingerprint density at radius 3 is 2.53 bits per heavy atom. The second-order valence-electron chi connectivity index (χ2n) is 5.33. The van der Waals surface area contributed by atoms with Crippen LogP contribution in [0.2, 0.25) is 0 Å². The van der Waals surface area contributed by atoms with Gasteiger partial charge in [-0.25, -0.2) is 0 Å². The predicted octanol–water partition coefficient (Wildman–Crippen LogP) is 0.979. The molecular weight excluding hydrogens is 218 g/mol. The first-order chi connectivity index (χ1) is 7.73. The Labute approximate surface area is 102 Å². The first-order valence-corrected chi connectivity index (χ1v) is 5.57. The molecule has 0 aromatic carbocycles. The summed E-state index contributed by atoms with van der Waals surface area (Å²) in [5, 5.41) is 7.05. The zero-order valence-electron chi connectivity index (χ0n) is 11.2. The molecule has 0 fully saturated rings. The molecule has 0 saturated carbocycles. The molecule has 0 bridgehead atoms. The summed E-state index contributed by atoms with van der Waals surface area (Å²) in [5.41, 5.74) is -1.33. The topological polar surface area (TPSA) is 53.9 Å². The van der Waals surface area contributed by atoms with Crippen molar-refractivity contribution >= 4 is 11.7 Å². The van der Waals surface area contributed by atoms with E-state index in [1.807, 2.05) is 34.9 Å². The van der Waals surface area contributed by atoms with E-state index >= 15 is 0 Å². The van der Waals surface area contributed by atoms with Crippen molar-refractivity contribution in [2.45, 2.75) is 26.3 Å². The van der Waals surface area contributed by atoms with E-state index in [-0.39, 0.29) is 12.5 Å². The van der Waals surface area contributed by atoms with E-state index in [4.69, 9.17) is 4.84 Å². The van der Waals surface area contributed by atoms with Gasteiger partial charge in [0.1, 0.15) is 12.1 Å². The molecule has 0 saturated heterocycles. The van der Waals surface area contributed by atoms with E-state index in [0.717, 1.165) is 0 Å². The second-order valence-corrected chi connectivity index (χ2v) is 5.33. The third-order valence-electron chi connectivity index (χ3n) is 2.86. The van der Waals surface area contributed by atoms with E-state index in [1.54, 1.807) is 11.0 Å². The van der Waals surface area contributed by atoms with Gasteiger partial charge in [0.15, 0.2) is 5.84 Å². The van der Waals surface area contributed by atoms with E-state index in [2.05, 4.69) is 17.1 Å². The first-order valence-electron chi connectivity index (χ1n) is 5.57. The van der Waals surface area contributed by atoms with Gasteiger partial charge in [0.2, 0.25) is 5.91 Å². The third kappa shape index (κ3) is 2.60. The maximum atomic E-state index is 12.1. The highest BCUT2D eigenvalue weighted by Crippen LogP contribution is 2.22. The quantitative estimate of drug-likeness (QED) is 0.694. The Morgan fingerprint density at radius 1 is 1.47 bits per heavy atom. The van der Waals surface area contributed by atoms with Gasteiger partial charge in [0.25, 0.3) is 0 Å². The summed E-state index contributed by atoms with van der Waals surface area (Å²) in [6.45, 7) is 9.51. The molecule has 0 spiro atoms. The molecule has 1 unspecified atom stereocenters.